The van der Waals surface area contributed by atoms with E-state index < -0.39 is 49.0 Å². The minimum absolute atomic E-state index is 0.0848. The van der Waals surface area contributed by atoms with Gasteiger partial charge in [-0.25, -0.2) is 31.4 Å². The van der Waals surface area contributed by atoms with Gasteiger partial charge in [-0.05, 0) is 55.7 Å². The number of quaternary nitrogens is 1. The van der Waals surface area contributed by atoms with E-state index in [2.05, 4.69) is 20.6 Å². The molecule has 370 valence electrons. The van der Waals surface area contributed by atoms with Crippen molar-refractivity contribution in [2.45, 2.75) is 65.3 Å². The maximum atomic E-state index is 14.1. The molecule has 1 unspecified atom stereocenters. The third-order valence-electron chi connectivity index (χ3n) is 12.2. The second-order valence-corrected chi connectivity index (χ2v) is 20.7. The number of rotatable bonds is 23. The number of ether oxygens (including phenoxy) is 1. The van der Waals surface area contributed by atoms with Crippen molar-refractivity contribution < 1.29 is 54.1 Å². The van der Waals surface area contributed by atoms with E-state index in [9.17, 15) is 49.9 Å². The molecule has 0 aliphatic heterocycles. The van der Waals surface area contributed by atoms with E-state index >= 15 is 0 Å². The number of nitrogens with zero attached hydrogens (tertiary/aromatic N) is 5. The van der Waals surface area contributed by atoms with Crippen molar-refractivity contribution in [1.29, 1.82) is 0 Å². The van der Waals surface area contributed by atoms with Crippen molar-refractivity contribution >= 4 is 71.0 Å². The highest BCUT2D eigenvalue weighted by Gasteiger charge is 2.27. The number of para-hydroxylation sites is 2. The lowest BCUT2D eigenvalue weighted by atomic mass is 10.0. The van der Waals surface area contributed by atoms with Crippen molar-refractivity contribution in [3.63, 3.8) is 0 Å². The van der Waals surface area contributed by atoms with E-state index in [-0.39, 0.29) is 55.3 Å². The molecule has 3 aromatic carbocycles. The zero-order valence-corrected chi connectivity index (χ0v) is 41.0. The van der Waals surface area contributed by atoms with Gasteiger partial charge in [0.15, 0.2) is 12.2 Å². The first-order chi connectivity index (χ1) is 32.6. The summed E-state index contributed by atoms with van der Waals surface area (Å²) < 4.78 is 78.9. The van der Waals surface area contributed by atoms with E-state index in [1.165, 1.54) is 18.7 Å². The van der Waals surface area contributed by atoms with Crippen molar-refractivity contribution in [1.82, 2.24) is 29.7 Å². The molecule has 3 aromatic heterocycles. The number of benzene rings is 3. The van der Waals surface area contributed by atoms with Crippen LogP contribution in [0.3, 0.4) is 0 Å². The quantitative estimate of drug-likeness (QED) is 0.0158. The molecule has 0 bridgehead atoms. The van der Waals surface area contributed by atoms with Crippen LogP contribution in [-0.4, -0.2) is 119 Å². The third kappa shape index (κ3) is 13.3. The van der Waals surface area contributed by atoms with Crippen LogP contribution in [0.5, 0.6) is 5.75 Å². The lowest BCUT2D eigenvalue weighted by molar-refractivity contribution is -0.909. The molecule has 6 aromatic rings. The van der Waals surface area contributed by atoms with E-state index in [1.54, 1.807) is 62.4 Å². The van der Waals surface area contributed by atoms with Gasteiger partial charge in [0.05, 0.1) is 63.3 Å². The number of carbonyl (C=O) groups is 3. The number of hydrogen-bond donors (Lipinski definition) is 3. The first kappa shape index (κ1) is 52.0. The van der Waals surface area contributed by atoms with E-state index in [0.717, 1.165) is 4.57 Å². The zero-order valence-electron chi connectivity index (χ0n) is 39.3. The molecule has 6 rings (SSSR count). The molecule has 0 saturated carbocycles. The Balaban J connectivity index is 1.03. The molecule has 0 aliphatic carbocycles. The van der Waals surface area contributed by atoms with Gasteiger partial charge in [0.1, 0.15) is 17.1 Å². The minimum atomic E-state index is -4.42. The van der Waals surface area contributed by atoms with Gasteiger partial charge in [-0.1, -0.05) is 24.3 Å². The maximum absolute atomic E-state index is 14.1. The average Bonchev–Trinajstić information content (AvgIpc) is 3.72. The molecule has 0 spiro atoms. The second-order valence-electron chi connectivity index (χ2n) is 17.7. The third-order valence-corrected chi connectivity index (χ3v) is 13.8. The van der Waals surface area contributed by atoms with Gasteiger partial charge in [0.25, 0.3) is 11.5 Å². The number of aromatic nitrogens is 5. The van der Waals surface area contributed by atoms with Gasteiger partial charge >= 0.3 is 11.7 Å². The van der Waals surface area contributed by atoms with Crippen LogP contribution in [0.2, 0.25) is 0 Å². The highest BCUT2D eigenvalue weighted by molar-refractivity contribution is 7.85. The standard InChI is InChI=1S/C47H58N8O12S2/c1-31-29-33(30-32(2)42(31)67-46(59)40-34-15-6-8-17-36(34)54(23-13-27-68(61,62)63)37-18-9-7-16-35(37)40)44(57)49-22-12-25-55(5,26-14-28-69(64,65)66)24-11-21-48-39(56)20-10-19-38-50-41-43(51-38)52(3)47(60)53(4)45(41)58/h6-9,15-18,29-30H,10-14,19-28H2,1-5H3,(H3-2,48,49,50,51,56,57,58,61,62,63,64,65,66). The first-order valence-corrected chi connectivity index (χ1v) is 25.8. The Morgan fingerprint density at radius 3 is 1.93 bits per heavy atom. The number of fused-ring (bicyclic) bond motifs is 3. The number of esters is 1. The second kappa shape index (κ2) is 22.0. The summed E-state index contributed by atoms with van der Waals surface area (Å²) in [5.41, 5.74) is 2.56. The smallest absolute Gasteiger partial charge is 0.345 e. The molecule has 3 N–H and O–H groups in total. The summed E-state index contributed by atoms with van der Waals surface area (Å²) >= 11 is 0. The number of aryl methyl sites for hydroxylation is 5. The van der Waals surface area contributed by atoms with Crippen molar-refractivity contribution in [3.8, 4) is 5.75 Å². The summed E-state index contributed by atoms with van der Waals surface area (Å²) in [4.78, 5) is 72.3. The molecule has 0 saturated heterocycles. The largest absolute Gasteiger partial charge is 0.748 e. The highest BCUT2D eigenvalue weighted by Crippen LogP contribution is 2.30. The Hall–Kier alpha value is -6.33. The minimum Gasteiger partial charge on any atom is -0.748 e. The van der Waals surface area contributed by atoms with Gasteiger partial charge < -0.3 is 33.9 Å². The number of aromatic amines is 1. The summed E-state index contributed by atoms with van der Waals surface area (Å²) in [6.07, 6.45) is 2.33. The van der Waals surface area contributed by atoms with Gasteiger partial charge in [0, 0.05) is 94.9 Å². The topological polar surface area (TPSA) is 275 Å². The number of nitrogens with one attached hydrogen (secondary N) is 3. The molecule has 0 radical (unpaired) electrons. The van der Waals surface area contributed by atoms with Crippen molar-refractivity contribution in [2.75, 3.05) is 51.3 Å². The molecule has 3 heterocycles. The fraction of sp³-hybridized carbons (Fsp3) is 0.426. The Kier molecular flexibility index (Phi) is 16.6. The summed E-state index contributed by atoms with van der Waals surface area (Å²) in [6.45, 7) is 5.82. The molecule has 2 amide bonds. The molecule has 1 atom stereocenters. The van der Waals surface area contributed by atoms with Crippen molar-refractivity contribution in [2.24, 2.45) is 14.1 Å². The molecule has 69 heavy (non-hydrogen) atoms. The Morgan fingerprint density at radius 1 is 0.783 bits per heavy atom. The van der Waals surface area contributed by atoms with Gasteiger partial charge in [-0.15, -0.1) is 0 Å². The molecule has 20 nitrogen and oxygen atoms in total. The number of imidazole rings is 1. The first-order valence-electron chi connectivity index (χ1n) is 22.6. The maximum Gasteiger partial charge on any atom is 0.345 e. The van der Waals surface area contributed by atoms with Crippen LogP contribution in [0.15, 0.2) is 70.3 Å². The number of hydrogen-bond acceptors (Lipinski definition) is 13. The normalized spacial score (nSPS) is 12.9. The predicted molar refractivity (Wildman–Crippen MR) is 256 cm³/mol. The summed E-state index contributed by atoms with van der Waals surface area (Å²) in [5.74, 6) is -1.41. The van der Waals surface area contributed by atoms with Gasteiger partial charge in [-0.3, -0.25) is 23.5 Å². The molecule has 0 fully saturated rings. The van der Waals surface area contributed by atoms with Crippen LogP contribution < -0.4 is 31.2 Å². The monoisotopic (exact) mass is 990 g/mol. The molecule has 0 aliphatic rings. The summed E-state index contributed by atoms with van der Waals surface area (Å²) in [5, 5.41) is 7.00. The Bertz CT molecular complexity index is 3190. The van der Waals surface area contributed by atoms with E-state index in [1.807, 2.05) is 23.7 Å². The summed E-state index contributed by atoms with van der Waals surface area (Å²) in [7, 11) is -3.98. The zero-order chi connectivity index (χ0) is 50.3. The fourth-order valence-electron chi connectivity index (χ4n) is 8.77. The van der Waals surface area contributed by atoms with Crippen molar-refractivity contribution in [3.05, 3.63) is 110 Å². The summed E-state index contributed by atoms with van der Waals surface area (Å²) in [6, 6.07) is 17.6. The van der Waals surface area contributed by atoms with Gasteiger partial charge in [0.2, 0.25) is 16.9 Å². The van der Waals surface area contributed by atoms with E-state index in [0.29, 0.717) is 112 Å². The lowest BCUT2D eigenvalue weighted by Gasteiger charge is -2.35. The number of pyridine rings is 1. The molecular weight excluding hydrogens is 933 g/mol. The van der Waals surface area contributed by atoms with Crippen LogP contribution >= 0.6 is 0 Å². The van der Waals surface area contributed by atoms with Gasteiger partial charge in [-0.2, -0.15) is 4.57 Å². The van der Waals surface area contributed by atoms with Crippen LogP contribution in [0.25, 0.3) is 33.0 Å². The average molecular weight is 991 g/mol. The predicted octanol–water partition coefficient (Wildman–Crippen LogP) is 2.36. The van der Waals surface area contributed by atoms with Crippen LogP contribution in [0, 0.1) is 13.8 Å². The SMILES string of the molecule is Cc1cc(C(=O)NCCC[N+](C)(CCCNC(=O)CCCc2nc3c([nH]2)c(=O)n(C)c(=O)n3C)CCCS(=O)(=O)[O-])cc(C)c1OC(=O)c1c2ccccc2[n+](CCCS(=O)(=O)[O-])c2ccccc12. The fourth-order valence-corrected chi connectivity index (χ4v) is 9.74. The molecular formula is C47H58N8O12S2. The Morgan fingerprint density at radius 2 is 1.33 bits per heavy atom. The number of H-pyrrole nitrogens is 1. The lowest BCUT2D eigenvalue weighted by Crippen LogP contribution is -2.48. The van der Waals surface area contributed by atoms with Crippen LogP contribution in [0.1, 0.15) is 76.2 Å². The van der Waals surface area contributed by atoms with Crippen LogP contribution in [0.4, 0.5) is 0 Å². The number of carbonyl (C=O) groups excluding carboxylic acids is 3. The molecule has 22 heteroatoms. The Labute approximate surface area is 399 Å². The number of amides is 2. The highest BCUT2D eigenvalue weighted by atomic mass is 32.2. The van der Waals surface area contributed by atoms with Crippen LogP contribution in [-0.2, 0) is 52.1 Å². The van der Waals surface area contributed by atoms with E-state index in [4.69, 9.17) is 4.74 Å².